The van der Waals surface area contributed by atoms with E-state index in [0.29, 0.717) is 0 Å². The van der Waals surface area contributed by atoms with Crippen LogP contribution in [0.3, 0.4) is 0 Å². The predicted octanol–water partition coefficient (Wildman–Crippen LogP) is 2.28. The van der Waals surface area contributed by atoms with Gasteiger partial charge in [-0.1, -0.05) is 0 Å². The van der Waals surface area contributed by atoms with E-state index in [-0.39, 0.29) is 0 Å². The summed E-state index contributed by atoms with van der Waals surface area (Å²) in [6.07, 6.45) is 1.68. The Morgan fingerprint density at radius 2 is 2.09 bits per heavy atom. The van der Waals surface area contributed by atoms with Crippen LogP contribution in [0.5, 0.6) is 0 Å². The maximum absolute atomic E-state index is 5.22. The number of furan rings is 1. The first kappa shape index (κ1) is 6.41. The van der Waals surface area contributed by atoms with Crippen molar-refractivity contribution in [3.63, 3.8) is 0 Å². The van der Waals surface area contributed by atoms with Gasteiger partial charge >= 0.3 is 65.1 Å². The van der Waals surface area contributed by atoms with Crippen LogP contribution in [0, 0.1) is 0 Å². The van der Waals surface area contributed by atoms with Crippen LogP contribution in [0.1, 0.15) is 0 Å². The van der Waals surface area contributed by atoms with Crippen molar-refractivity contribution in [3.8, 4) is 11.2 Å². The molecule has 2 heteroatoms. The zero-order valence-electron chi connectivity index (χ0n) is 6.03. The molecule has 0 saturated carbocycles. The standard InChI is InChI=1S/C9H7BO/c1-2-6-10-8(4-1)9-5-3-7-11-9/h1-7H. The zero-order chi connectivity index (χ0) is 7.52. The molecule has 0 N–H and O–H groups in total. The van der Waals surface area contributed by atoms with Gasteiger partial charge in [-0.15, -0.1) is 0 Å². The monoisotopic (exact) mass is 142 g/mol. The molecule has 2 aromatic heterocycles. The number of hydrogen-bond donors (Lipinski definition) is 0. The van der Waals surface area contributed by atoms with Crippen LogP contribution in [0.2, 0.25) is 0 Å². The van der Waals surface area contributed by atoms with Gasteiger partial charge in [-0.05, 0) is 0 Å². The third kappa shape index (κ3) is 1.24. The van der Waals surface area contributed by atoms with E-state index < -0.39 is 0 Å². The van der Waals surface area contributed by atoms with E-state index in [4.69, 9.17) is 4.42 Å². The maximum atomic E-state index is 5.22. The van der Waals surface area contributed by atoms with Crippen LogP contribution in [0.4, 0.5) is 0 Å². The normalized spacial score (nSPS) is 9.45. The average Bonchev–Trinajstić information content (AvgIpc) is 2.58. The van der Waals surface area contributed by atoms with Crippen molar-refractivity contribution >= 4 is 6.91 Å². The molecule has 0 radical (unpaired) electrons. The number of hydrogen-bond acceptors (Lipinski definition) is 1. The first-order valence-corrected chi connectivity index (χ1v) is 3.56. The van der Waals surface area contributed by atoms with Gasteiger partial charge in [-0.3, -0.25) is 0 Å². The van der Waals surface area contributed by atoms with Crippen molar-refractivity contribution in [1.82, 2.24) is 0 Å². The van der Waals surface area contributed by atoms with E-state index in [2.05, 4.69) is 0 Å². The van der Waals surface area contributed by atoms with Crippen LogP contribution >= 0.6 is 0 Å². The summed E-state index contributed by atoms with van der Waals surface area (Å²) in [6.45, 7) is 2.03. The van der Waals surface area contributed by atoms with Gasteiger partial charge in [0, 0.05) is 0 Å². The van der Waals surface area contributed by atoms with Crippen molar-refractivity contribution < 1.29 is 4.42 Å². The first-order valence-electron chi connectivity index (χ1n) is 3.56. The second-order valence-electron chi connectivity index (χ2n) is 2.34. The Labute approximate surface area is 65.9 Å². The summed E-state index contributed by atoms with van der Waals surface area (Å²) < 4.78 is 5.22. The summed E-state index contributed by atoms with van der Waals surface area (Å²) >= 11 is 0. The van der Waals surface area contributed by atoms with Crippen LogP contribution in [0.25, 0.3) is 11.2 Å². The molecule has 1 nitrogen and oxygen atoms in total. The van der Waals surface area contributed by atoms with E-state index in [1.807, 2.05) is 43.2 Å². The molecule has 0 spiro atoms. The second-order valence-corrected chi connectivity index (χ2v) is 2.34. The second kappa shape index (κ2) is 2.75. The molecule has 0 aliphatic rings. The van der Waals surface area contributed by atoms with Gasteiger partial charge in [0.1, 0.15) is 0 Å². The minimum atomic E-state index is 0.922. The van der Waals surface area contributed by atoms with E-state index in [1.165, 1.54) is 0 Å². The van der Waals surface area contributed by atoms with E-state index in [9.17, 15) is 0 Å². The molecule has 0 aliphatic heterocycles. The Hall–Kier alpha value is -1.31. The van der Waals surface area contributed by atoms with E-state index in [0.717, 1.165) is 11.2 Å². The predicted molar refractivity (Wildman–Crippen MR) is 45.5 cm³/mol. The van der Waals surface area contributed by atoms with Gasteiger partial charge < -0.3 is 0 Å². The SMILES string of the molecule is b1ccccc1-c1ccco1. The molecule has 0 saturated heterocycles. The number of rotatable bonds is 1. The third-order valence-electron chi connectivity index (χ3n) is 1.58. The van der Waals surface area contributed by atoms with Gasteiger partial charge in [0.2, 0.25) is 0 Å². The molecule has 0 aliphatic carbocycles. The summed E-state index contributed by atoms with van der Waals surface area (Å²) in [5, 5.41) is 0. The Bertz CT molecular complexity index is 313. The zero-order valence-corrected chi connectivity index (χ0v) is 6.03. The van der Waals surface area contributed by atoms with Crippen molar-refractivity contribution in [2.75, 3.05) is 0 Å². The molecule has 0 fully saturated rings. The molecular weight excluding hydrogens is 135 g/mol. The van der Waals surface area contributed by atoms with Gasteiger partial charge in [0.25, 0.3) is 0 Å². The topological polar surface area (TPSA) is 13.1 Å². The fraction of sp³-hybridized carbons (Fsp3) is 0. The molecule has 2 aromatic rings. The Morgan fingerprint density at radius 3 is 2.73 bits per heavy atom. The molecular formula is C9H7BO. The first-order chi connectivity index (χ1) is 5.47. The van der Waals surface area contributed by atoms with Crippen LogP contribution in [0.15, 0.2) is 47.0 Å². The summed E-state index contributed by atoms with van der Waals surface area (Å²) in [7, 11) is 0. The van der Waals surface area contributed by atoms with Gasteiger partial charge in [0.05, 0.1) is 0 Å². The summed E-state index contributed by atoms with van der Waals surface area (Å²) in [5.74, 6) is 2.92. The molecule has 0 unspecified atom stereocenters. The summed E-state index contributed by atoms with van der Waals surface area (Å²) in [6, 6.07) is 9.86. The minimum absolute atomic E-state index is 0.922. The van der Waals surface area contributed by atoms with Crippen LogP contribution in [-0.4, -0.2) is 6.91 Å². The summed E-state index contributed by atoms with van der Waals surface area (Å²) in [5.41, 5.74) is 1.12. The summed E-state index contributed by atoms with van der Waals surface area (Å²) in [4.78, 5) is 0. The molecule has 0 bridgehead atoms. The van der Waals surface area contributed by atoms with Crippen molar-refractivity contribution in [3.05, 3.63) is 42.6 Å². The molecule has 0 amide bonds. The fourth-order valence-electron chi connectivity index (χ4n) is 1.05. The molecule has 2 rings (SSSR count). The van der Waals surface area contributed by atoms with Gasteiger partial charge in [-0.2, -0.15) is 0 Å². The van der Waals surface area contributed by atoms with Crippen LogP contribution < -0.4 is 0 Å². The fourth-order valence-corrected chi connectivity index (χ4v) is 1.05. The van der Waals surface area contributed by atoms with E-state index in [1.54, 1.807) is 6.26 Å². The molecule has 2 heterocycles. The van der Waals surface area contributed by atoms with Crippen molar-refractivity contribution in [2.45, 2.75) is 0 Å². The quantitative estimate of drug-likeness (QED) is 0.595. The molecule has 11 heavy (non-hydrogen) atoms. The van der Waals surface area contributed by atoms with Gasteiger partial charge in [0.15, 0.2) is 0 Å². The third-order valence-corrected chi connectivity index (χ3v) is 1.58. The van der Waals surface area contributed by atoms with Gasteiger partial charge in [-0.25, -0.2) is 0 Å². The van der Waals surface area contributed by atoms with E-state index >= 15 is 0 Å². The van der Waals surface area contributed by atoms with Crippen molar-refractivity contribution in [1.29, 1.82) is 0 Å². The Morgan fingerprint density at radius 1 is 1.09 bits per heavy atom. The average molecular weight is 142 g/mol. The molecule has 0 aromatic carbocycles. The molecule has 52 valence electrons. The van der Waals surface area contributed by atoms with Crippen LogP contribution in [-0.2, 0) is 0 Å². The molecule has 0 atom stereocenters. The van der Waals surface area contributed by atoms with Crippen molar-refractivity contribution in [2.24, 2.45) is 0 Å². The Kier molecular flexibility index (Phi) is 1.60. The Balaban J connectivity index is 2.46.